The Morgan fingerprint density at radius 3 is 2.25 bits per heavy atom. The molecule has 1 aromatic rings. The van der Waals surface area contributed by atoms with Crippen molar-refractivity contribution in [3.63, 3.8) is 0 Å². The molecule has 0 aromatic heterocycles. The van der Waals surface area contributed by atoms with Gasteiger partial charge in [0.15, 0.2) is 0 Å². The van der Waals surface area contributed by atoms with E-state index in [4.69, 9.17) is 5.11 Å². The number of aromatic carboxylic acids is 1. The molecule has 0 aliphatic rings. The Balaban J connectivity index is 3.35. The lowest BCUT2D eigenvalue weighted by atomic mass is 9.98. The molecular weight excluding hydrogens is 206 g/mol. The van der Waals surface area contributed by atoms with Crippen molar-refractivity contribution in [1.82, 2.24) is 4.90 Å². The second kappa shape index (κ2) is 4.79. The molecule has 0 aliphatic carbocycles. The van der Waals surface area contributed by atoms with Gasteiger partial charge in [-0.15, -0.1) is 0 Å². The van der Waals surface area contributed by atoms with Crippen LogP contribution in [-0.4, -0.2) is 36.0 Å². The van der Waals surface area contributed by atoms with Gasteiger partial charge in [-0.2, -0.15) is 0 Å². The predicted molar refractivity (Wildman–Crippen MR) is 60.8 cm³/mol. The zero-order valence-electron chi connectivity index (χ0n) is 9.65. The number of carbonyl (C=O) groups excluding carboxylic acids is 1. The summed E-state index contributed by atoms with van der Waals surface area (Å²) in [5, 5.41) is 9.02. The minimum Gasteiger partial charge on any atom is -0.478 e. The van der Waals surface area contributed by atoms with Crippen molar-refractivity contribution >= 4 is 11.9 Å². The number of hydrogen-bond acceptors (Lipinski definition) is 2. The summed E-state index contributed by atoms with van der Waals surface area (Å²) >= 11 is 0. The third-order valence-corrected chi connectivity index (χ3v) is 2.40. The van der Waals surface area contributed by atoms with Crippen molar-refractivity contribution in [2.75, 3.05) is 14.1 Å². The van der Waals surface area contributed by atoms with E-state index in [2.05, 4.69) is 0 Å². The van der Waals surface area contributed by atoms with Crippen molar-refractivity contribution in [2.45, 2.75) is 13.3 Å². The maximum atomic E-state index is 11.8. The average Bonchev–Trinajstić information content (AvgIpc) is 2.26. The van der Waals surface area contributed by atoms with E-state index in [1.807, 2.05) is 6.92 Å². The zero-order valence-corrected chi connectivity index (χ0v) is 9.65. The highest BCUT2D eigenvalue weighted by Gasteiger charge is 2.17. The van der Waals surface area contributed by atoms with Crippen LogP contribution in [0.5, 0.6) is 0 Å². The lowest BCUT2D eigenvalue weighted by Gasteiger charge is -2.14. The molecule has 86 valence electrons. The molecule has 0 radical (unpaired) electrons. The largest absolute Gasteiger partial charge is 0.478 e. The van der Waals surface area contributed by atoms with Crippen LogP contribution in [0.25, 0.3) is 0 Å². The summed E-state index contributed by atoms with van der Waals surface area (Å²) < 4.78 is 0. The molecular formula is C12H15NO3. The van der Waals surface area contributed by atoms with Gasteiger partial charge in [-0.25, -0.2) is 4.79 Å². The molecule has 0 atom stereocenters. The Morgan fingerprint density at radius 1 is 1.25 bits per heavy atom. The van der Waals surface area contributed by atoms with Gasteiger partial charge in [0.2, 0.25) is 0 Å². The number of hydrogen-bond donors (Lipinski definition) is 1. The number of carbonyl (C=O) groups is 2. The van der Waals surface area contributed by atoms with Gasteiger partial charge in [0, 0.05) is 19.7 Å². The second-order valence-corrected chi connectivity index (χ2v) is 3.69. The first-order valence-corrected chi connectivity index (χ1v) is 5.05. The first-order chi connectivity index (χ1) is 7.49. The summed E-state index contributed by atoms with van der Waals surface area (Å²) in [6.07, 6.45) is 0.525. The van der Waals surface area contributed by atoms with Gasteiger partial charge in [-0.05, 0) is 24.1 Å². The summed E-state index contributed by atoms with van der Waals surface area (Å²) in [7, 11) is 3.30. The number of carboxylic acid groups (broad SMARTS) is 1. The first kappa shape index (κ1) is 12.2. The van der Waals surface area contributed by atoms with Crippen LogP contribution in [0.15, 0.2) is 18.2 Å². The quantitative estimate of drug-likeness (QED) is 0.844. The summed E-state index contributed by atoms with van der Waals surface area (Å²) in [5.41, 5.74) is 1.26. The molecule has 0 bridgehead atoms. The summed E-state index contributed by atoms with van der Waals surface area (Å²) in [6, 6.07) is 4.78. The molecule has 4 heteroatoms. The van der Waals surface area contributed by atoms with Gasteiger partial charge in [-0.1, -0.05) is 13.0 Å². The highest BCUT2D eigenvalue weighted by Crippen LogP contribution is 2.17. The Bertz CT molecular complexity index is 424. The molecule has 0 heterocycles. The number of rotatable bonds is 3. The molecule has 1 amide bonds. The highest BCUT2D eigenvalue weighted by atomic mass is 16.4. The summed E-state index contributed by atoms with van der Waals surface area (Å²) in [4.78, 5) is 24.3. The summed E-state index contributed by atoms with van der Waals surface area (Å²) in [6.45, 7) is 1.84. The van der Waals surface area contributed by atoms with Crippen molar-refractivity contribution in [3.05, 3.63) is 34.9 Å². The van der Waals surface area contributed by atoms with E-state index in [-0.39, 0.29) is 11.5 Å². The minimum atomic E-state index is -0.995. The number of nitrogens with zero attached hydrogens (tertiary/aromatic N) is 1. The third kappa shape index (κ3) is 2.21. The standard InChI is InChI=1S/C12H15NO3/c1-4-8-9(11(14)13(2)3)6-5-7-10(8)12(15)16/h5-7H,4H2,1-3H3,(H,15,16). The van der Waals surface area contributed by atoms with E-state index < -0.39 is 5.97 Å². The lowest BCUT2D eigenvalue weighted by Crippen LogP contribution is -2.23. The molecule has 1 N–H and O–H groups in total. The van der Waals surface area contributed by atoms with Crippen LogP contribution in [0.1, 0.15) is 33.2 Å². The van der Waals surface area contributed by atoms with E-state index >= 15 is 0 Å². The van der Waals surface area contributed by atoms with Crippen LogP contribution in [0, 0.1) is 0 Å². The van der Waals surface area contributed by atoms with E-state index in [0.29, 0.717) is 17.5 Å². The van der Waals surface area contributed by atoms with Gasteiger partial charge in [0.1, 0.15) is 0 Å². The van der Waals surface area contributed by atoms with Crippen molar-refractivity contribution in [2.24, 2.45) is 0 Å². The monoisotopic (exact) mass is 221 g/mol. The van der Waals surface area contributed by atoms with Crippen LogP contribution in [-0.2, 0) is 6.42 Å². The maximum Gasteiger partial charge on any atom is 0.335 e. The molecule has 0 saturated carbocycles. The molecule has 0 fully saturated rings. The fraction of sp³-hybridized carbons (Fsp3) is 0.333. The van der Waals surface area contributed by atoms with Crippen LogP contribution < -0.4 is 0 Å². The smallest absolute Gasteiger partial charge is 0.335 e. The van der Waals surface area contributed by atoms with Crippen molar-refractivity contribution < 1.29 is 14.7 Å². The molecule has 4 nitrogen and oxygen atoms in total. The predicted octanol–water partition coefficient (Wildman–Crippen LogP) is 1.65. The molecule has 0 saturated heterocycles. The van der Waals surface area contributed by atoms with Gasteiger partial charge in [-0.3, -0.25) is 4.79 Å². The topological polar surface area (TPSA) is 57.6 Å². The van der Waals surface area contributed by atoms with Gasteiger partial charge in [0.25, 0.3) is 5.91 Å². The van der Waals surface area contributed by atoms with Crippen LogP contribution in [0.3, 0.4) is 0 Å². The second-order valence-electron chi connectivity index (χ2n) is 3.69. The van der Waals surface area contributed by atoms with E-state index in [1.165, 1.54) is 11.0 Å². The Morgan fingerprint density at radius 2 is 1.81 bits per heavy atom. The van der Waals surface area contributed by atoms with Gasteiger partial charge in [0.05, 0.1) is 5.56 Å². The van der Waals surface area contributed by atoms with E-state index in [9.17, 15) is 9.59 Å². The van der Waals surface area contributed by atoms with Crippen LogP contribution in [0.2, 0.25) is 0 Å². The molecule has 0 spiro atoms. The number of amides is 1. The maximum absolute atomic E-state index is 11.8. The van der Waals surface area contributed by atoms with Gasteiger partial charge >= 0.3 is 5.97 Å². The van der Waals surface area contributed by atoms with Gasteiger partial charge < -0.3 is 10.0 Å². The third-order valence-electron chi connectivity index (χ3n) is 2.40. The lowest BCUT2D eigenvalue weighted by molar-refractivity contribution is 0.0695. The molecule has 0 aliphatic heterocycles. The van der Waals surface area contributed by atoms with Crippen LogP contribution >= 0.6 is 0 Å². The highest BCUT2D eigenvalue weighted by molar-refractivity contribution is 5.99. The minimum absolute atomic E-state index is 0.167. The summed E-state index contributed by atoms with van der Waals surface area (Å²) in [5.74, 6) is -1.16. The normalized spacial score (nSPS) is 9.94. The molecule has 1 rings (SSSR count). The molecule has 1 aromatic carbocycles. The Kier molecular flexibility index (Phi) is 3.66. The zero-order chi connectivity index (χ0) is 12.3. The van der Waals surface area contributed by atoms with Crippen LogP contribution in [0.4, 0.5) is 0 Å². The Hall–Kier alpha value is -1.84. The molecule has 16 heavy (non-hydrogen) atoms. The van der Waals surface area contributed by atoms with E-state index in [0.717, 1.165) is 0 Å². The van der Waals surface area contributed by atoms with E-state index in [1.54, 1.807) is 26.2 Å². The molecule has 0 unspecified atom stereocenters. The Labute approximate surface area is 94.5 Å². The fourth-order valence-corrected chi connectivity index (χ4v) is 1.61. The van der Waals surface area contributed by atoms with Crippen molar-refractivity contribution in [1.29, 1.82) is 0 Å². The SMILES string of the molecule is CCc1c(C(=O)O)cccc1C(=O)N(C)C. The first-order valence-electron chi connectivity index (χ1n) is 5.05. The van der Waals surface area contributed by atoms with Crippen molar-refractivity contribution in [3.8, 4) is 0 Å². The average molecular weight is 221 g/mol. The number of carboxylic acids is 1. The fourth-order valence-electron chi connectivity index (χ4n) is 1.61. The number of benzene rings is 1.